The van der Waals surface area contributed by atoms with Gasteiger partial charge in [0.05, 0.1) is 11.8 Å². The van der Waals surface area contributed by atoms with Gasteiger partial charge in [-0.25, -0.2) is 4.79 Å². The first-order valence-corrected chi connectivity index (χ1v) is 4.43. The monoisotopic (exact) mass is 191 g/mol. The van der Waals surface area contributed by atoms with Crippen molar-refractivity contribution in [3.8, 4) is 0 Å². The van der Waals surface area contributed by atoms with Gasteiger partial charge in [-0.15, -0.1) is 0 Å². The van der Waals surface area contributed by atoms with Crippen molar-refractivity contribution in [2.45, 2.75) is 6.92 Å². The van der Waals surface area contributed by atoms with Crippen LogP contribution in [0.3, 0.4) is 0 Å². The molecule has 0 heterocycles. The van der Waals surface area contributed by atoms with Crippen molar-refractivity contribution in [2.75, 3.05) is 11.9 Å². The zero-order chi connectivity index (χ0) is 10.4. The summed E-state index contributed by atoms with van der Waals surface area (Å²) in [6.45, 7) is 6.19. The van der Waals surface area contributed by atoms with Crippen LogP contribution in [0.4, 0.5) is 5.69 Å². The van der Waals surface area contributed by atoms with Crippen LogP contribution in [0.1, 0.15) is 17.3 Å². The molecule has 0 aromatic heterocycles. The van der Waals surface area contributed by atoms with E-state index in [1.54, 1.807) is 12.1 Å². The molecule has 0 atom stereocenters. The maximum Gasteiger partial charge on any atom is 0.342 e. The second kappa shape index (κ2) is 5.07. The quantitative estimate of drug-likeness (QED) is 0.586. The number of anilines is 1. The van der Waals surface area contributed by atoms with Gasteiger partial charge in [0.1, 0.15) is 0 Å². The first kappa shape index (κ1) is 10.3. The Hall–Kier alpha value is -1.77. The fourth-order valence-electron chi connectivity index (χ4n) is 1.07. The minimum Gasteiger partial charge on any atom is -0.432 e. The van der Waals surface area contributed by atoms with Gasteiger partial charge in [0.25, 0.3) is 0 Å². The fraction of sp³-hybridized carbons (Fsp3) is 0.182. The number of ether oxygens (including phenoxy) is 1. The summed E-state index contributed by atoms with van der Waals surface area (Å²) >= 11 is 0. The molecule has 0 aliphatic carbocycles. The lowest BCUT2D eigenvalue weighted by Gasteiger charge is -2.03. The molecule has 0 unspecified atom stereocenters. The third-order valence-corrected chi connectivity index (χ3v) is 1.69. The molecule has 1 N–H and O–H groups in total. The standard InChI is InChI=1S/C11H13NO2/c1-3-12-10-7-5-9(6-8-10)11(13)14-4-2/h4-8,12H,2-3H2,1H3. The molecule has 74 valence electrons. The highest BCUT2D eigenvalue weighted by Gasteiger charge is 2.04. The number of benzene rings is 1. The summed E-state index contributed by atoms with van der Waals surface area (Å²) in [4.78, 5) is 11.2. The third kappa shape index (κ3) is 2.62. The molecule has 3 heteroatoms. The van der Waals surface area contributed by atoms with Crippen LogP contribution in [0, 0.1) is 0 Å². The number of nitrogens with one attached hydrogen (secondary N) is 1. The van der Waals surface area contributed by atoms with Crippen LogP contribution in [0.5, 0.6) is 0 Å². The summed E-state index contributed by atoms with van der Waals surface area (Å²) in [5.41, 5.74) is 1.51. The number of rotatable bonds is 4. The summed E-state index contributed by atoms with van der Waals surface area (Å²) in [5, 5.41) is 3.13. The van der Waals surface area contributed by atoms with E-state index in [4.69, 9.17) is 0 Å². The molecule has 1 aromatic carbocycles. The highest BCUT2D eigenvalue weighted by Crippen LogP contribution is 2.10. The van der Waals surface area contributed by atoms with Gasteiger partial charge < -0.3 is 10.1 Å². The molecule has 14 heavy (non-hydrogen) atoms. The SMILES string of the molecule is C=COC(=O)c1ccc(NCC)cc1. The van der Waals surface area contributed by atoms with Crippen molar-refractivity contribution >= 4 is 11.7 Å². The minimum atomic E-state index is -0.386. The molecule has 0 aliphatic rings. The van der Waals surface area contributed by atoms with Gasteiger partial charge in [0.15, 0.2) is 0 Å². The van der Waals surface area contributed by atoms with Crippen LogP contribution in [-0.4, -0.2) is 12.5 Å². The maximum absolute atomic E-state index is 11.2. The molecule has 0 radical (unpaired) electrons. The Labute approximate surface area is 83.4 Å². The van der Waals surface area contributed by atoms with Crippen molar-refractivity contribution in [3.63, 3.8) is 0 Å². The Morgan fingerprint density at radius 3 is 2.64 bits per heavy atom. The molecule has 0 saturated carbocycles. The fourth-order valence-corrected chi connectivity index (χ4v) is 1.07. The summed E-state index contributed by atoms with van der Waals surface area (Å²) < 4.78 is 4.63. The second-order valence-electron chi connectivity index (χ2n) is 2.68. The Kier molecular flexibility index (Phi) is 3.73. The molecule has 0 amide bonds. The van der Waals surface area contributed by atoms with Gasteiger partial charge in [-0.3, -0.25) is 0 Å². The van der Waals surface area contributed by atoms with E-state index in [2.05, 4.69) is 16.6 Å². The highest BCUT2D eigenvalue weighted by molar-refractivity contribution is 5.90. The van der Waals surface area contributed by atoms with Gasteiger partial charge in [-0.2, -0.15) is 0 Å². The predicted octanol–water partition coefficient (Wildman–Crippen LogP) is 2.42. The molecule has 1 aromatic rings. The zero-order valence-electron chi connectivity index (χ0n) is 8.12. The third-order valence-electron chi connectivity index (χ3n) is 1.69. The maximum atomic E-state index is 11.2. The minimum absolute atomic E-state index is 0.386. The van der Waals surface area contributed by atoms with Gasteiger partial charge >= 0.3 is 5.97 Å². The molecule has 1 rings (SSSR count). The normalized spacial score (nSPS) is 9.21. The van der Waals surface area contributed by atoms with E-state index in [-0.39, 0.29) is 5.97 Å². The van der Waals surface area contributed by atoms with Crippen molar-refractivity contribution < 1.29 is 9.53 Å². The number of esters is 1. The summed E-state index contributed by atoms with van der Waals surface area (Å²) in [7, 11) is 0. The predicted molar refractivity (Wildman–Crippen MR) is 56.2 cm³/mol. The van der Waals surface area contributed by atoms with Crippen LogP contribution < -0.4 is 5.32 Å². The number of carbonyl (C=O) groups is 1. The van der Waals surface area contributed by atoms with E-state index < -0.39 is 0 Å². The largest absolute Gasteiger partial charge is 0.432 e. The topological polar surface area (TPSA) is 38.3 Å². The van der Waals surface area contributed by atoms with Crippen LogP contribution >= 0.6 is 0 Å². The van der Waals surface area contributed by atoms with E-state index in [0.717, 1.165) is 18.5 Å². The molecule has 0 bridgehead atoms. The summed E-state index contributed by atoms with van der Waals surface area (Å²) in [6, 6.07) is 7.10. The Bertz CT molecular complexity index is 317. The lowest BCUT2D eigenvalue weighted by Crippen LogP contribution is -2.01. The van der Waals surface area contributed by atoms with E-state index >= 15 is 0 Å². The summed E-state index contributed by atoms with van der Waals surface area (Å²) in [6.07, 6.45) is 1.13. The van der Waals surface area contributed by atoms with Crippen molar-refractivity contribution in [2.24, 2.45) is 0 Å². The lowest BCUT2D eigenvalue weighted by molar-refractivity contribution is 0.0664. The van der Waals surface area contributed by atoms with Crippen LogP contribution in [0.2, 0.25) is 0 Å². The average molecular weight is 191 g/mol. The number of carbonyl (C=O) groups excluding carboxylic acids is 1. The van der Waals surface area contributed by atoms with Crippen LogP contribution in [0.15, 0.2) is 37.1 Å². The number of hydrogen-bond acceptors (Lipinski definition) is 3. The van der Waals surface area contributed by atoms with Gasteiger partial charge in [0.2, 0.25) is 0 Å². The molecular formula is C11H13NO2. The Morgan fingerprint density at radius 2 is 2.14 bits per heavy atom. The Balaban J connectivity index is 2.72. The van der Waals surface area contributed by atoms with Crippen molar-refractivity contribution in [1.29, 1.82) is 0 Å². The van der Waals surface area contributed by atoms with E-state index in [9.17, 15) is 4.79 Å². The van der Waals surface area contributed by atoms with E-state index in [1.807, 2.05) is 19.1 Å². The molecule has 0 fully saturated rings. The average Bonchev–Trinajstić information content (AvgIpc) is 2.20. The van der Waals surface area contributed by atoms with E-state index in [0.29, 0.717) is 5.56 Å². The molecule has 3 nitrogen and oxygen atoms in total. The van der Waals surface area contributed by atoms with Crippen molar-refractivity contribution in [3.05, 3.63) is 42.7 Å². The lowest BCUT2D eigenvalue weighted by atomic mass is 10.2. The molecule has 0 aliphatic heterocycles. The number of hydrogen-bond donors (Lipinski definition) is 1. The zero-order valence-corrected chi connectivity index (χ0v) is 8.12. The molecule has 0 spiro atoms. The van der Waals surface area contributed by atoms with Gasteiger partial charge in [-0.05, 0) is 31.2 Å². The summed E-state index contributed by atoms with van der Waals surface area (Å²) in [5.74, 6) is -0.386. The van der Waals surface area contributed by atoms with E-state index in [1.165, 1.54) is 0 Å². The van der Waals surface area contributed by atoms with Crippen LogP contribution in [0.25, 0.3) is 0 Å². The first-order valence-electron chi connectivity index (χ1n) is 4.43. The Morgan fingerprint density at radius 1 is 1.50 bits per heavy atom. The first-order chi connectivity index (χ1) is 6.77. The molecule has 0 saturated heterocycles. The second-order valence-corrected chi connectivity index (χ2v) is 2.68. The van der Waals surface area contributed by atoms with Crippen LogP contribution in [-0.2, 0) is 4.74 Å². The van der Waals surface area contributed by atoms with Crippen molar-refractivity contribution in [1.82, 2.24) is 0 Å². The smallest absolute Gasteiger partial charge is 0.342 e. The molecular weight excluding hydrogens is 178 g/mol. The van der Waals surface area contributed by atoms with Gasteiger partial charge in [-0.1, -0.05) is 6.58 Å². The van der Waals surface area contributed by atoms with Gasteiger partial charge in [0, 0.05) is 12.2 Å². The highest BCUT2D eigenvalue weighted by atomic mass is 16.5.